The third-order valence-electron chi connectivity index (χ3n) is 3.75. The first-order chi connectivity index (χ1) is 9.93. The van der Waals surface area contributed by atoms with Crippen molar-refractivity contribution in [2.45, 2.75) is 47.0 Å². The van der Waals surface area contributed by atoms with Crippen LogP contribution < -0.4 is 10.6 Å². The maximum atomic E-state index is 6.15. The lowest BCUT2D eigenvalue weighted by Gasteiger charge is -2.29. The average Bonchev–Trinajstić information content (AvgIpc) is 2.40. The molecule has 120 valence electrons. The zero-order valence-electron chi connectivity index (χ0n) is 14.0. The number of hydrogen-bond acceptors (Lipinski definition) is 2. The van der Waals surface area contributed by atoms with Gasteiger partial charge in [0.15, 0.2) is 0 Å². The maximum Gasteiger partial charge on any atom is 0.0410 e. The van der Waals surface area contributed by atoms with Crippen LogP contribution >= 0.6 is 11.6 Å². The van der Waals surface area contributed by atoms with E-state index in [-0.39, 0.29) is 0 Å². The normalized spacial score (nSPS) is 11.4. The Labute approximate surface area is 135 Å². The molecule has 0 spiro atoms. The van der Waals surface area contributed by atoms with Crippen LogP contribution in [0.5, 0.6) is 0 Å². The highest BCUT2D eigenvalue weighted by molar-refractivity contribution is 6.30. The van der Waals surface area contributed by atoms with Crippen LogP contribution in [-0.2, 0) is 6.42 Å². The molecular formula is C18H31ClN2. The standard InChI is InChI=1S/C18H31ClN2/c1-14(2)8-11-21(12-9-15(3)4)18-6-5-17(19)13-16(18)7-10-20/h5-6,13-15H,7-12,20H2,1-4H3. The second-order valence-electron chi connectivity index (χ2n) is 6.66. The topological polar surface area (TPSA) is 29.3 Å². The van der Waals surface area contributed by atoms with E-state index in [0.717, 1.165) is 36.4 Å². The van der Waals surface area contributed by atoms with Crippen molar-refractivity contribution in [3.05, 3.63) is 28.8 Å². The summed E-state index contributed by atoms with van der Waals surface area (Å²) in [5, 5.41) is 0.801. The van der Waals surface area contributed by atoms with Crippen molar-refractivity contribution in [3.63, 3.8) is 0 Å². The zero-order valence-corrected chi connectivity index (χ0v) is 14.8. The fourth-order valence-corrected chi connectivity index (χ4v) is 2.59. The molecule has 0 aliphatic heterocycles. The third-order valence-corrected chi connectivity index (χ3v) is 3.98. The highest BCUT2D eigenvalue weighted by Crippen LogP contribution is 2.26. The first-order valence-electron chi connectivity index (χ1n) is 8.17. The number of halogens is 1. The van der Waals surface area contributed by atoms with Crippen molar-refractivity contribution < 1.29 is 0 Å². The molecule has 1 aromatic carbocycles. The van der Waals surface area contributed by atoms with E-state index in [0.29, 0.717) is 6.54 Å². The highest BCUT2D eigenvalue weighted by Gasteiger charge is 2.13. The Kier molecular flexibility index (Phi) is 8.13. The molecule has 3 heteroatoms. The molecule has 0 atom stereocenters. The number of benzene rings is 1. The Morgan fingerprint density at radius 3 is 2.10 bits per heavy atom. The van der Waals surface area contributed by atoms with E-state index in [1.807, 2.05) is 6.07 Å². The lowest BCUT2D eigenvalue weighted by atomic mass is 10.0. The summed E-state index contributed by atoms with van der Waals surface area (Å²) in [5.74, 6) is 1.44. The quantitative estimate of drug-likeness (QED) is 0.714. The van der Waals surface area contributed by atoms with Crippen molar-refractivity contribution >= 4 is 17.3 Å². The van der Waals surface area contributed by atoms with Gasteiger partial charge in [-0.05, 0) is 61.4 Å². The minimum atomic E-state index is 0.662. The van der Waals surface area contributed by atoms with Gasteiger partial charge in [0.1, 0.15) is 0 Å². The molecule has 0 aliphatic carbocycles. The fraction of sp³-hybridized carbons (Fsp3) is 0.667. The molecule has 0 fully saturated rings. The van der Waals surface area contributed by atoms with E-state index in [2.05, 4.69) is 44.7 Å². The van der Waals surface area contributed by atoms with E-state index in [1.165, 1.54) is 24.1 Å². The van der Waals surface area contributed by atoms with Gasteiger partial charge in [-0.25, -0.2) is 0 Å². The van der Waals surface area contributed by atoms with E-state index < -0.39 is 0 Å². The summed E-state index contributed by atoms with van der Waals surface area (Å²) in [5.41, 5.74) is 8.35. The second kappa shape index (κ2) is 9.32. The molecule has 0 amide bonds. The number of nitrogens with two attached hydrogens (primary N) is 1. The summed E-state index contributed by atoms with van der Waals surface area (Å²) in [6.45, 7) is 12.0. The number of rotatable bonds is 9. The molecule has 1 aromatic rings. The number of nitrogens with zero attached hydrogens (tertiary/aromatic N) is 1. The smallest absolute Gasteiger partial charge is 0.0410 e. The molecule has 21 heavy (non-hydrogen) atoms. The summed E-state index contributed by atoms with van der Waals surface area (Å²) < 4.78 is 0. The van der Waals surface area contributed by atoms with E-state index >= 15 is 0 Å². The molecule has 0 unspecified atom stereocenters. The lowest BCUT2D eigenvalue weighted by molar-refractivity contribution is 0.534. The van der Waals surface area contributed by atoms with Crippen molar-refractivity contribution in [3.8, 4) is 0 Å². The highest BCUT2D eigenvalue weighted by atomic mass is 35.5. The molecule has 0 bridgehead atoms. The van der Waals surface area contributed by atoms with Crippen LogP contribution in [0.3, 0.4) is 0 Å². The van der Waals surface area contributed by atoms with Crippen LogP contribution in [-0.4, -0.2) is 19.6 Å². The lowest BCUT2D eigenvalue weighted by Crippen LogP contribution is -2.28. The van der Waals surface area contributed by atoms with Gasteiger partial charge in [-0.1, -0.05) is 39.3 Å². The van der Waals surface area contributed by atoms with Crippen molar-refractivity contribution in [2.75, 3.05) is 24.5 Å². The van der Waals surface area contributed by atoms with E-state index in [9.17, 15) is 0 Å². The average molecular weight is 311 g/mol. The van der Waals surface area contributed by atoms with Gasteiger partial charge >= 0.3 is 0 Å². The van der Waals surface area contributed by atoms with Gasteiger partial charge in [0.2, 0.25) is 0 Å². The molecule has 0 saturated heterocycles. The molecule has 0 heterocycles. The molecule has 2 N–H and O–H groups in total. The predicted molar refractivity (Wildman–Crippen MR) is 95.3 cm³/mol. The van der Waals surface area contributed by atoms with Gasteiger partial charge in [-0.2, -0.15) is 0 Å². The molecular weight excluding hydrogens is 280 g/mol. The molecule has 1 rings (SSSR count). The number of hydrogen-bond donors (Lipinski definition) is 1. The third kappa shape index (κ3) is 6.71. The van der Waals surface area contributed by atoms with Gasteiger partial charge in [-0.15, -0.1) is 0 Å². The minimum absolute atomic E-state index is 0.662. The van der Waals surface area contributed by atoms with Crippen LogP contribution in [0.15, 0.2) is 18.2 Å². The Morgan fingerprint density at radius 1 is 1.05 bits per heavy atom. The Bertz CT molecular complexity index is 404. The largest absolute Gasteiger partial charge is 0.371 e. The minimum Gasteiger partial charge on any atom is -0.371 e. The van der Waals surface area contributed by atoms with Crippen LogP contribution in [0.4, 0.5) is 5.69 Å². The van der Waals surface area contributed by atoms with Gasteiger partial charge in [0, 0.05) is 23.8 Å². The van der Waals surface area contributed by atoms with Crippen LogP contribution in [0.25, 0.3) is 0 Å². The molecule has 0 saturated carbocycles. The van der Waals surface area contributed by atoms with Gasteiger partial charge in [0.25, 0.3) is 0 Å². The zero-order chi connectivity index (χ0) is 15.8. The van der Waals surface area contributed by atoms with E-state index in [1.54, 1.807) is 0 Å². The first kappa shape index (κ1) is 18.3. The van der Waals surface area contributed by atoms with Crippen molar-refractivity contribution in [1.82, 2.24) is 0 Å². The van der Waals surface area contributed by atoms with Gasteiger partial charge in [0.05, 0.1) is 0 Å². The summed E-state index contributed by atoms with van der Waals surface area (Å²) in [7, 11) is 0. The summed E-state index contributed by atoms with van der Waals surface area (Å²) >= 11 is 6.15. The Balaban J connectivity index is 2.93. The van der Waals surface area contributed by atoms with Crippen LogP contribution in [0.1, 0.15) is 46.1 Å². The molecule has 0 aromatic heterocycles. The van der Waals surface area contributed by atoms with Crippen LogP contribution in [0, 0.1) is 11.8 Å². The second-order valence-corrected chi connectivity index (χ2v) is 7.10. The summed E-state index contributed by atoms with van der Waals surface area (Å²) in [6, 6.07) is 6.23. The molecule has 0 radical (unpaired) electrons. The predicted octanol–water partition coefficient (Wildman–Crippen LogP) is 4.74. The van der Waals surface area contributed by atoms with Crippen LogP contribution in [0.2, 0.25) is 5.02 Å². The van der Waals surface area contributed by atoms with Crippen molar-refractivity contribution in [2.24, 2.45) is 17.6 Å². The Hall–Kier alpha value is -0.730. The number of anilines is 1. The van der Waals surface area contributed by atoms with Gasteiger partial charge in [-0.3, -0.25) is 0 Å². The monoisotopic (exact) mass is 310 g/mol. The van der Waals surface area contributed by atoms with Crippen molar-refractivity contribution in [1.29, 1.82) is 0 Å². The fourth-order valence-electron chi connectivity index (χ4n) is 2.40. The van der Waals surface area contributed by atoms with Gasteiger partial charge < -0.3 is 10.6 Å². The maximum absolute atomic E-state index is 6.15. The SMILES string of the molecule is CC(C)CCN(CCC(C)C)c1ccc(Cl)cc1CCN. The Morgan fingerprint density at radius 2 is 1.62 bits per heavy atom. The summed E-state index contributed by atoms with van der Waals surface area (Å²) in [6.07, 6.45) is 3.31. The van der Waals surface area contributed by atoms with E-state index in [4.69, 9.17) is 17.3 Å². The molecule has 0 aliphatic rings. The summed E-state index contributed by atoms with van der Waals surface area (Å²) in [4.78, 5) is 2.52. The first-order valence-corrected chi connectivity index (χ1v) is 8.55. The molecule has 2 nitrogen and oxygen atoms in total.